The number of ether oxygens (including phenoxy) is 1. The number of nitrogens with one attached hydrogen (secondary N) is 1. The molecule has 1 aliphatic heterocycles. The fourth-order valence-corrected chi connectivity index (χ4v) is 2.46. The third-order valence-electron chi connectivity index (χ3n) is 3.90. The van der Waals surface area contributed by atoms with Gasteiger partial charge in [-0.3, -0.25) is 4.79 Å². The van der Waals surface area contributed by atoms with E-state index in [1.165, 1.54) is 0 Å². The second-order valence-corrected chi connectivity index (χ2v) is 5.88. The molecule has 0 spiro atoms. The van der Waals surface area contributed by atoms with Gasteiger partial charge in [0.2, 0.25) is 5.60 Å². The number of carbonyl (C=O) groups is 1. The highest BCUT2D eigenvalue weighted by molar-refractivity contribution is 6.07. The van der Waals surface area contributed by atoms with E-state index in [0.717, 1.165) is 22.7 Å². The van der Waals surface area contributed by atoms with Gasteiger partial charge in [0.15, 0.2) is 0 Å². The maximum atomic E-state index is 12.6. The van der Waals surface area contributed by atoms with Crippen molar-refractivity contribution in [1.29, 1.82) is 0 Å². The lowest BCUT2D eigenvalue weighted by Crippen LogP contribution is -2.40. The minimum Gasteiger partial charge on any atom is -0.497 e. The first kappa shape index (κ1) is 16.0. The van der Waals surface area contributed by atoms with Gasteiger partial charge in [0, 0.05) is 12.1 Å². The third kappa shape index (κ3) is 3.22. The van der Waals surface area contributed by atoms with Gasteiger partial charge in [-0.25, -0.2) is 4.98 Å². The van der Waals surface area contributed by atoms with Crippen molar-refractivity contribution in [2.75, 3.05) is 12.4 Å². The van der Waals surface area contributed by atoms with Gasteiger partial charge in [0.1, 0.15) is 11.6 Å². The SMILES string of the molecule is COc1ccc(C2=NO[C@@](C)(C(=O)Nc3cccc(C)n3)C2)cc1. The van der Waals surface area contributed by atoms with Crippen LogP contribution in [0.2, 0.25) is 0 Å². The number of anilines is 1. The average molecular weight is 325 g/mol. The van der Waals surface area contributed by atoms with Crippen LogP contribution in [0.25, 0.3) is 0 Å². The van der Waals surface area contributed by atoms with Crippen molar-refractivity contribution >= 4 is 17.4 Å². The highest BCUT2D eigenvalue weighted by Gasteiger charge is 2.42. The number of hydrogen-bond donors (Lipinski definition) is 1. The fraction of sp³-hybridized carbons (Fsp3) is 0.278. The summed E-state index contributed by atoms with van der Waals surface area (Å²) in [5.74, 6) is 1.000. The van der Waals surface area contributed by atoms with Crippen LogP contribution in [0.3, 0.4) is 0 Å². The number of hydrogen-bond acceptors (Lipinski definition) is 5. The molecule has 0 aliphatic carbocycles. The molecule has 3 rings (SSSR count). The van der Waals surface area contributed by atoms with Crippen LogP contribution in [0.4, 0.5) is 5.82 Å². The van der Waals surface area contributed by atoms with E-state index < -0.39 is 5.60 Å². The molecule has 0 bridgehead atoms. The lowest BCUT2D eigenvalue weighted by molar-refractivity contribution is -0.135. The number of aryl methyl sites for hydroxylation is 1. The summed E-state index contributed by atoms with van der Waals surface area (Å²) >= 11 is 0. The van der Waals surface area contributed by atoms with Crippen molar-refractivity contribution in [2.45, 2.75) is 25.9 Å². The molecule has 2 heterocycles. The van der Waals surface area contributed by atoms with Crippen LogP contribution >= 0.6 is 0 Å². The summed E-state index contributed by atoms with van der Waals surface area (Å²) in [7, 11) is 1.62. The normalized spacial score (nSPS) is 19.4. The molecule has 1 N–H and O–H groups in total. The number of nitrogens with zero attached hydrogens (tertiary/aromatic N) is 2. The van der Waals surface area contributed by atoms with Crippen LogP contribution in [-0.4, -0.2) is 29.3 Å². The van der Waals surface area contributed by atoms with Crippen LogP contribution < -0.4 is 10.1 Å². The number of aromatic nitrogens is 1. The second-order valence-electron chi connectivity index (χ2n) is 5.88. The van der Waals surface area contributed by atoms with Crippen LogP contribution in [0.15, 0.2) is 47.6 Å². The van der Waals surface area contributed by atoms with E-state index in [1.54, 1.807) is 20.1 Å². The van der Waals surface area contributed by atoms with Gasteiger partial charge in [-0.05, 0) is 55.8 Å². The summed E-state index contributed by atoms with van der Waals surface area (Å²) in [5.41, 5.74) is 1.41. The van der Waals surface area contributed by atoms with Crippen LogP contribution in [0.5, 0.6) is 5.75 Å². The highest BCUT2D eigenvalue weighted by atomic mass is 16.7. The first-order chi connectivity index (χ1) is 11.5. The van der Waals surface area contributed by atoms with Gasteiger partial charge in [0.25, 0.3) is 5.91 Å². The molecular formula is C18H19N3O3. The molecule has 1 atom stereocenters. The third-order valence-corrected chi connectivity index (χ3v) is 3.90. The quantitative estimate of drug-likeness (QED) is 0.938. The van der Waals surface area contributed by atoms with Gasteiger partial charge >= 0.3 is 0 Å². The molecule has 0 radical (unpaired) electrons. The number of benzene rings is 1. The van der Waals surface area contributed by atoms with Crippen LogP contribution in [-0.2, 0) is 9.63 Å². The van der Waals surface area contributed by atoms with E-state index >= 15 is 0 Å². The molecule has 0 saturated heterocycles. The molecule has 0 unspecified atom stereocenters. The zero-order valence-electron chi connectivity index (χ0n) is 13.9. The summed E-state index contributed by atoms with van der Waals surface area (Å²) < 4.78 is 5.14. The zero-order chi connectivity index (χ0) is 17.2. The van der Waals surface area contributed by atoms with Gasteiger partial charge in [-0.15, -0.1) is 0 Å². The first-order valence-corrected chi connectivity index (χ1v) is 7.65. The molecule has 2 aromatic rings. The Morgan fingerprint density at radius 2 is 2.00 bits per heavy atom. The Morgan fingerprint density at radius 1 is 1.25 bits per heavy atom. The minimum atomic E-state index is -1.05. The number of rotatable bonds is 4. The fourth-order valence-electron chi connectivity index (χ4n) is 2.46. The van der Waals surface area contributed by atoms with Gasteiger partial charge in [-0.2, -0.15) is 0 Å². The molecule has 24 heavy (non-hydrogen) atoms. The number of pyridine rings is 1. The molecule has 6 nitrogen and oxygen atoms in total. The number of oxime groups is 1. The molecule has 0 saturated carbocycles. The molecule has 1 amide bonds. The van der Waals surface area contributed by atoms with Crippen molar-refractivity contribution in [3.63, 3.8) is 0 Å². The minimum absolute atomic E-state index is 0.270. The molecule has 124 valence electrons. The molecule has 1 aromatic heterocycles. The molecule has 1 aromatic carbocycles. The Morgan fingerprint density at radius 3 is 2.67 bits per heavy atom. The summed E-state index contributed by atoms with van der Waals surface area (Å²) in [6.07, 6.45) is 0.386. The van der Waals surface area contributed by atoms with E-state index in [1.807, 2.05) is 43.3 Å². The van der Waals surface area contributed by atoms with Gasteiger partial charge in [-0.1, -0.05) is 11.2 Å². The van der Waals surface area contributed by atoms with Crippen molar-refractivity contribution in [2.24, 2.45) is 5.16 Å². The molecule has 1 aliphatic rings. The summed E-state index contributed by atoms with van der Waals surface area (Å²) in [5, 5.41) is 6.88. The predicted molar refractivity (Wildman–Crippen MR) is 91.2 cm³/mol. The Hall–Kier alpha value is -2.89. The molecular weight excluding hydrogens is 306 g/mol. The number of amides is 1. The van der Waals surface area contributed by atoms with Crippen molar-refractivity contribution in [3.8, 4) is 5.75 Å². The highest BCUT2D eigenvalue weighted by Crippen LogP contribution is 2.28. The lowest BCUT2D eigenvalue weighted by Gasteiger charge is -2.20. The smallest absolute Gasteiger partial charge is 0.272 e. The zero-order valence-corrected chi connectivity index (χ0v) is 13.9. The summed E-state index contributed by atoms with van der Waals surface area (Å²) in [6, 6.07) is 13.0. The van der Waals surface area contributed by atoms with E-state index in [4.69, 9.17) is 9.57 Å². The predicted octanol–water partition coefficient (Wildman–Crippen LogP) is 2.92. The van der Waals surface area contributed by atoms with E-state index in [9.17, 15) is 4.79 Å². The average Bonchev–Trinajstić information content (AvgIpc) is 2.99. The summed E-state index contributed by atoms with van der Waals surface area (Å²) in [6.45, 7) is 3.59. The Bertz CT molecular complexity index is 786. The standard InChI is InChI=1S/C18H19N3O3/c1-12-5-4-6-16(19-12)20-17(22)18(2)11-15(21-24-18)13-7-9-14(23-3)10-8-13/h4-10H,11H2,1-3H3,(H,19,20,22)/t18-/m1/s1. The van der Waals surface area contributed by atoms with Crippen LogP contribution in [0.1, 0.15) is 24.6 Å². The molecule has 6 heteroatoms. The van der Waals surface area contributed by atoms with Gasteiger partial charge < -0.3 is 14.9 Å². The maximum Gasteiger partial charge on any atom is 0.272 e. The van der Waals surface area contributed by atoms with Crippen molar-refractivity contribution in [3.05, 3.63) is 53.7 Å². The Balaban J connectivity index is 1.70. The topological polar surface area (TPSA) is 72.8 Å². The largest absolute Gasteiger partial charge is 0.497 e. The van der Waals surface area contributed by atoms with E-state index in [-0.39, 0.29) is 5.91 Å². The Kier molecular flexibility index (Phi) is 4.20. The van der Waals surface area contributed by atoms with E-state index in [2.05, 4.69) is 15.5 Å². The van der Waals surface area contributed by atoms with Crippen LogP contribution in [0, 0.1) is 6.92 Å². The van der Waals surface area contributed by atoms with Gasteiger partial charge in [0.05, 0.1) is 12.8 Å². The lowest BCUT2D eigenvalue weighted by atomic mass is 9.95. The maximum absolute atomic E-state index is 12.6. The number of carbonyl (C=O) groups excluding carboxylic acids is 1. The Labute approximate surface area is 140 Å². The number of methoxy groups -OCH3 is 1. The van der Waals surface area contributed by atoms with Crippen molar-refractivity contribution in [1.82, 2.24) is 4.98 Å². The molecule has 0 fully saturated rings. The second kappa shape index (κ2) is 6.31. The van der Waals surface area contributed by atoms with Crippen molar-refractivity contribution < 1.29 is 14.4 Å². The summed E-state index contributed by atoms with van der Waals surface area (Å²) in [4.78, 5) is 22.3. The monoisotopic (exact) mass is 325 g/mol. The first-order valence-electron chi connectivity index (χ1n) is 7.65. The van der Waals surface area contributed by atoms with E-state index in [0.29, 0.717) is 12.2 Å².